The van der Waals surface area contributed by atoms with E-state index in [1.807, 2.05) is 0 Å². The second-order valence-electron chi connectivity index (χ2n) is 24.9. The number of pyridine rings is 2. The number of likely N-dealkylation sites (N-methyl/N-ethyl adjacent to an activating group) is 2. The minimum atomic E-state index is -1.57. The van der Waals surface area contributed by atoms with Gasteiger partial charge in [0.15, 0.2) is 0 Å². The van der Waals surface area contributed by atoms with Crippen molar-refractivity contribution in [3.8, 4) is 11.5 Å². The Kier molecular flexibility index (Phi) is 23.5. The van der Waals surface area contributed by atoms with Gasteiger partial charge >= 0.3 is 65.1 Å². The first-order valence-corrected chi connectivity index (χ1v) is 33.2. The lowest BCUT2D eigenvalue weighted by molar-refractivity contribution is -0.199. The molecule has 6 heterocycles. The summed E-state index contributed by atoms with van der Waals surface area (Å²) < 4.78 is 30.6. The number of carboxylic acids is 1. The number of aromatic carboxylic acids is 1. The van der Waals surface area contributed by atoms with Crippen LogP contribution in [0.3, 0.4) is 0 Å². The Balaban J connectivity index is 0.000000241. The van der Waals surface area contributed by atoms with Gasteiger partial charge in [0.05, 0.1) is 36.3 Å². The summed E-state index contributed by atoms with van der Waals surface area (Å²) in [6, 6.07) is 11.5. The van der Waals surface area contributed by atoms with Crippen LogP contribution >= 0.6 is 47.3 Å². The average Bonchev–Trinajstić information content (AvgIpc) is 1.40. The Morgan fingerprint density at radius 1 is 0.755 bits per heavy atom. The zero-order chi connectivity index (χ0) is 68.7. The van der Waals surface area contributed by atoms with E-state index in [-0.39, 0.29) is 82.3 Å². The summed E-state index contributed by atoms with van der Waals surface area (Å²) in [6.45, 7) is 16.4. The number of para-hydroxylation sites is 2. The molecule has 500 valence electrons. The molecular weight excluding hydrogens is 1420 g/mol. The molecule has 11 rings (SSSR count). The van der Waals surface area contributed by atoms with Crippen LogP contribution in [0.15, 0.2) is 85.5 Å². The monoisotopic (exact) mass is 1490 g/mol. The molecule has 3 saturated heterocycles. The van der Waals surface area contributed by atoms with Gasteiger partial charge in [-0.25, -0.2) is 19.2 Å². The first-order valence-electron chi connectivity index (χ1n) is 30.5. The number of carbonyl (C=O) groups excluding carboxylic acids is 9. The molecule has 27 nitrogen and oxygen atoms in total. The van der Waals surface area contributed by atoms with Crippen molar-refractivity contribution in [1.29, 1.82) is 0 Å². The highest BCUT2D eigenvalue weighted by atomic mass is 79.9. The number of nitrogens with one attached hydrogen (secondary N) is 4. The summed E-state index contributed by atoms with van der Waals surface area (Å²) in [7, 11) is -0.997. The van der Waals surface area contributed by atoms with Crippen molar-refractivity contribution in [2.45, 2.75) is 122 Å². The van der Waals surface area contributed by atoms with Crippen molar-refractivity contribution in [2.75, 3.05) is 46.4 Å². The van der Waals surface area contributed by atoms with Crippen LogP contribution in [-0.4, -0.2) is 192 Å². The maximum absolute atomic E-state index is 14.5. The number of urea groups is 2. The third kappa shape index (κ3) is 16.3. The van der Waals surface area contributed by atoms with E-state index >= 15 is 0 Å². The van der Waals surface area contributed by atoms with Gasteiger partial charge in [0.1, 0.15) is 34.7 Å². The van der Waals surface area contributed by atoms with Crippen LogP contribution in [0.5, 0.6) is 11.5 Å². The number of carbonyl (C=O) groups is 10. The molecule has 94 heavy (non-hydrogen) atoms. The van der Waals surface area contributed by atoms with Gasteiger partial charge in [0.25, 0.3) is 0 Å². The summed E-state index contributed by atoms with van der Waals surface area (Å²) in [5.74, 6) is -7.48. The summed E-state index contributed by atoms with van der Waals surface area (Å²) in [6.07, 6.45) is 7.65. The lowest BCUT2D eigenvalue weighted by Gasteiger charge is -2.64. The average molecular weight is 1490 g/mol. The number of methoxy groups -OCH3 is 1. The number of hydrogen-bond donors (Lipinski definition) is 6. The van der Waals surface area contributed by atoms with Crippen molar-refractivity contribution in [3.63, 3.8) is 0 Å². The molecule has 7 aliphatic rings. The van der Waals surface area contributed by atoms with E-state index < -0.39 is 109 Å². The molecule has 2 bridgehead atoms. The number of aromatic nitrogens is 2. The fourth-order valence-electron chi connectivity index (χ4n) is 12.7. The Hall–Kier alpha value is -7.45. The number of carboxylic acid groups (broad SMARTS) is 1. The molecule has 4 aromatic rings. The Labute approximate surface area is 569 Å². The second-order valence-corrected chi connectivity index (χ2v) is 31.3. The second kappa shape index (κ2) is 30.5. The number of fused-ring (bicyclic) bond motifs is 1. The number of halogens is 3. The summed E-state index contributed by atoms with van der Waals surface area (Å²) in [5, 5.41) is 30.7. The van der Waals surface area contributed by atoms with Gasteiger partial charge in [-0.2, -0.15) is 0 Å². The molecule has 4 aliphatic heterocycles. The van der Waals surface area contributed by atoms with Gasteiger partial charge in [0, 0.05) is 75.2 Å². The number of rotatable bonds is 16. The van der Waals surface area contributed by atoms with E-state index in [0.717, 1.165) is 22.6 Å². The number of hydrogen-bond acceptors (Lipinski definition) is 18. The van der Waals surface area contributed by atoms with Crippen LogP contribution in [0, 0.1) is 17.3 Å². The molecular formula is C61H74B3Br3N10O17. The van der Waals surface area contributed by atoms with Gasteiger partial charge in [-0.1, -0.05) is 50.2 Å². The fourth-order valence-corrected chi connectivity index (χ4v) is 12.7. The van der Waals surface area contributed by atoms with E-state index in [2.05, 4.69) is 99.3 Å². The maximum atomic E-state index is 14.5. The summed E-state index contributed by atoms with van der Waals surface area (Å²) in [4.78, 5) is 142. The molecule has 2 unspecified atom stereocenters. The molecule has 3 saturated carbocycles. The third-order valence-electron chi connectivity index (χ3n) is 17.6. The number of esters is 1. The number of ether oxygens (including phenoxy) is 2. The molecule has 33 heteroatoms. The van der Waals surface area contributed by atoms with Crippen molar-refractivity contribution < 1.29 is 81.5 Å². The molecule has 8 atom stereocenters. The first kappa shape index (κ1) is 72.4. The SMILES string of the molecule is BrB(Br)Br.CCN1CCN(C(=O)NC(C(=O)N[C@@H](Cc2cccc(C(=O)OC(C)(C)C)c2OC)B2O[C@@H]3C[C@@H]4C[C@@H](C4(C)C)[C@]3(C)O2)c2cccnc2)C(=O)C1=O.CCN1CCN(C(=O)NC(C(=O)N[C@H]2Cc3cccc(C(=O)O)c3OB2O)c2cccnc2)C(=O)C1=O. The summed E-state index contributed by atoms with van der Waals surface area (Å²) in [5.41, 5.74) is 0.543. The molecule has 6 fully saturated rings. The van der Waals surface area contributed by atoms with Crippen molar-refractivity contribution >= 4 is 124 Å². The van der Waals surface area contributed by atoms with Crippen LogP contribution in [-0.2, 0) is 55.7 Å². The van der Waals surface area contributed by atoms with Crippen LogP contribution in [0.1, 0.15) is 123 Å². The number of amides is 10. The van der Waals surface area contributed by atoms with Crippen LogP contribution in [0.2, 0.25) is 0 Å². The highest BCUT2D eigenvalue weighted by Gasteiger charge is 2.68. The highest BCUT2D eigenvalue weighted by Crippen LogP contribution is 2.66. The van der Waals surface area contributed by atoms with Gasteiger partial charge in [-0.15, -0.1) is 47.3 Å². The first-order chi connectivity index (χ1) is 44.4. The van der Waals surface area contributed by atoms with E-state index in [9.17, 15) is 58.1 Å². The van der Waals surface area contributed by atoms with E-state index in [0.29, 0.717) is 41.3 Å². The minimum Gasteiger partial charge on any atom is -0.534 e. The Morgan fingerprint density at radius 2 is 1.30 bits per heavy atom. The lowest BCUT2D eigenvalue weighted by atomic mass is 9.43. The standard InChI is InChI=1S/C38H50BN5O9.C23H24BN5O8.BBr3/c1-9-43-16-17-44(33(47)32(43)46)35(49)42-29(23-13-11-15-40-21-23)31(45)41-28(39-52-27-20-24-19-26(37(24,5)6)38(27,7)53-39)18-22-12-10-14-25(30(22)50-8)34(48)51-36(2,3)4;1-2-28-9-10-29(21(32)20(28)31)23(35)27-17(14-6-4-8-25-12-14)19(30)26-16-11-13-5-3-7-15(22(33)34)18(13)37-24(16)36;2-1(3)4/h10-15,21,24,26-29H,9,16-20H2,1-8H3,(H,41,45)(H,42,49);3-8,12,16-17,36H,2,9-11H2,1H3,(H,26,30)(H,27,35)(H,33,34);/t24-,26-,27+,28-,29?,38-;16-,17?;/m00./s1. The Morgan fingerprint density at radius 3 is 1.80 bits per heavy atom. The fraction of sp³-hybridized carbons (Fsp3) is 0.475. The number of piperazine rings is 2. The predicted octanol–water partition coefficient (Wildman–Crippen LogP) is 5.00. The third-order valence-corrected chi connectivity index (χ3v) is 17.6. The van der Waals surface area contributed by atoms with Crippen LogP contribution in [0.4, 0.5) is 9.59 Å². The van der Waals surface area contributed by atoms with Gasteiger partial charge in [-0.05, 0) is 120 Å². The molecule has 2 aromatic heterocycles. The van der Waals surface area contributed by atoms with Crippen molar-refractivity contribution in [2.24, 2.45) is 17.3 Å². The quantitative estimate of drug-likeness (QED) is 0.0488. The van der Waals surface area contributed by atoms with Gasteiger partial charge in [-0.3, -0.25) is 48.5 Å². The van der Waals surface area contributed by atoms with E-state index in [1.54, 1.807) is 83.1 Å². The summed E-state index contributed by atoms with van der Waals surface area (Å²) >= 11 is 9.31. The molecule has 6 N–H and O–H groups in total. The normalized spacial score (nSPS) is 22.0. The van der Waals surface area contributed by atoms with Crippen LogP contribution < -0.4 is 30.7 Å². The predicted molar refractivity (Wildman–Crippen MR) is 353 cm³/mol. The van der Waals surface area contributed by atoms with E-state index in [4.69, 9.17) is 23.4 Å². The minimum absolute atomic E-state index is 0.0134. The highest BCUT2D eigenvalue weighted by molar-refractivity contribution is 9.69. The van der Waals surface area contributed by atoms with Gasteiger partial charge < -0.3 is 64.6 Å². The van der Waals surface area contributed by atoms with E-state index in [1.165, 1.54) is 53.8 Å². The maximum Gasteiger partial charge on any atom is 0.547 e. The number of imide groups is 2. The molecule has 10 amide bonds. The number of benzene rings is 2. The van der Waals surface area contributed by atoms with Crippen LogP contribution in [0.25, 0.3) is 0 Å². The molecule has 0 radical (unpaired) electrons. The lowest BCUT2D eigenvalue weighted by Crippen LogP contribution is -2.65. The molecule has 0 spiro atoms. The zero-order valence-corrected chi connectivity index (χ0v) is 58.0. The Bertz CT molecular complexity index is 3530. The van der Waals surface area contributed by atoms with Gasteiger partial charge in [0.2, 0.25) is 11.8 Å². The smallest absolute Gasteiger partial charge is 0.534 e. The molecule has 2 aromatic carbocycles. The topological polar surface area (TPSA) is 344 Å². The number of nitrogens with zero attached hydrogens (tertiary/aromatic N) is 6. The van der Waals surface area contributed by atoms with Crippen molar-refractivity contribution in [3.05, 3.63) is 119 Å². The van der Waals surface area contributed by atoms with Crippen molar-refractivity contribution in [1.82, 2.24) is 50.8 Å². The largest absolute Gasteiger partial charge is 0.547 e. The molecule has 3 aliphatic carbocycles. The zero-order valence-electron chi connectivity index (χ0n) is 53.3.